The van der Waals surface area contributed by atoms with Gasteiger partial charge in [-0.2, -0.15) is 0 Å². The lowest BCUT2D eigenvalue weighted by Crippen LogP contribution is -2.64. The molecule has 5 fully saturated rings. The molecule has 0 amide bonds. The lowest BCUT2D eigenvalue weighted by molar-refractivity contribution is -0.385. The minimum absolute atomic E-state index is 0.0729. The molecule has 3 saturated carbocycles. The molecule has 2 aromatic heterocycles. The van der Waals surface area contributed by atoms with E-state index in [4.69, 9.17) is 21.1 Å². The average Bonchev–Trinajstić information content (AvgIpc) is 3.67. The van der Waals surface area contributed by atoms with Crippen molar-refractivity contribution in [3.8, 4) is 11.5 Å². The zero-order chi connectivity index (χ0) is 40.1. The summed E-state index contributed by atoms with van der Waals surface area (Å²) in [7, 11) is -4.26. The molecule has 58 heavy (non-hydrogen) atoms. The van der Waals surface area contributed by atoms with Crippen molar-refractivity contribution in [1.82, 2.24) is 14.9 Å². The molecule has 6 aliphatic rings. The summed E-state index contributed by atoms with van der Waals surface area (Å²) in [6.07, 6.45) is 14.7. The zero-order valence-corrected chi connectivity index (χ0v) is 34.3. The van der Waals surface area contributed by atoms with E-state index in [9.17, 15) is 23.3 Å². The molecule has 10 rings (SSSR count). The first-order chi connectivity index (χ1) is 28.0. The van der Waals surface area contributed by atoms with Gasteiger partial charge in [0.25, 0.3) is 5.69 Å². The number of piperazine rings is 1. The lowest BCUT2D eigenvalue weighted by Gasteiger charge is -2.69. The molecule has 14 heteroatoms. The van der Waals surface area contributed by atoms with Gasteiger partial charge in [0.15, 0.2) is 15.6 Å². The van der Waals surface area contributed by atoms with Crippen molar-refractivity contribution in [1.29, 1.82) is 0 Å². The summed E-state index contributed by atoms with van der Waals surface area (Å²) in [5, 5.41) is 12.9. The molecule has 1 N–H and O–H groups in total. The fourth-order valence-electron chi connectivity index (χ4n) is 10.2. The Morgan fingerprint density at radius 3 is 2.55 bits per heavy atom. The number of H-pyrrole nitrogens is 1. The van der Waals surface area contributed by atoms with E-state index in [1.807, 2.05) is 18.2 Å². The van der Waals surface area contributed by atoms with Crippen LogP contribution in [0.25, 0.3) is 11.0 Å². The number of ether oxygens (including phenoxy) is 2. The van der Waals surface area contributed by atoms with Gasteiger partial charge in [-0.1, -0.05) is 17.2 Å². The second-order valence-corrected chi connectivity index (χ2v) is 20.0. The number of nitrogens with zero attached hydrogens (tertiary/aromatic N) is 4. The van der Waals surface area contributed by atoms with E-state index in [1.54, 1.807) is 35.7 Å². The number of hydrogen-bond acceptors (Lipinski definition) is 10. The molecule has 0 unspecified atom stereocenters. The van der Waals surface area contributed by atoms with E-state index in [-0.39, 0.29) is 26.8 Å². The van der Waals surface area contributed by atoms with Crippen LogP contribution in [0.2, 0.25) is 0 Å². The maximum absolute atomic E-state index is 14.0. The first kappa shape index (κ1) is 39.2. The molecule has 2 bridgehead atoms. The van der Waals surface area contributed by atoms with Crippen LogP contribution in [0.4, 0.5) is 11.4 Å². The highest BCUT2D eigenvalue weighted by molar-refractivity contribution is 7.92. The SMILES string of the molecule is O=C(CS(=O)(=O)c1ccc(CCC2CCOCC2)c([N+](=O)[O-])c1)c1ccc(N2CCN(CC3=C(C45CC(Cl)(C4)C5)CCCC3)CC2)cc1Oc1cnc2[nH]ccc2c1. The number of Topliss-reactive ketones (excluding diaryl/α,β-unsaturated/α-hetero) is 1. The number of aromatic amines is 1. The summed E-state index contributed by atoms with van der Waals surface area (Å²) < 4.78 is 39.3. The Kier molecular flexibility index (Phi) is 10.6. The van der Waals surface area contributed by atoms with Crippen molar-refractivity contribution < 1.29 is 27.6 Å². The Labute approximate surface area is 344 Å². The summed E-state index contributed by atoms with van der Waals surface area (Å²) in [6.45, 7) is 5.74. The number of nitrogens with one attached hydrogen (secondary N) is 1. The van der Waals surface area contributed by atoms with Crippen LogP contribution in [0.1, 0.15) is 80.1 Å². The Balaban J connectivity index is 0.921. The number of carbonyl (C=O) groups is 1. The molecular formula is C44H50ClN5O7S. The van der Waals surface area contributed by atoms with E-state index in [0.717, 1.165) is 88.4 Å². The highest BCUT2D eigenvalue weighted by atomic mass is 35.5. The molecule has 0 radical (unpaired) electrons. The largest absolute Gasteiger partial charge is 0.455 e. The van der Waals surface area contributed by atoms with Crippen LogP contribution in [-0.2, 0) is 21.0 Å². The van der Waals surface area contributed by atoms with Gasteiger partial charge >= 0.3 is 0 Å². The number of benzene rings is 2. The monoisotopic (exact) mass is 827 g/mol. The number of fused-ring (bicyclic) bond motifs is 1. The first-order valence-electron chi connectivity index (χ1n) is 20.7. The number of rotatable bonds is 14. The van der Waals surface area contributed by atoms with Gasteiger partial charge in [0.2, 0.25) is 0 Å². The third-order valence-corrected chi connectivity index (χ3v) is 15.3. The third-order valence-electron chi connectivity index (χ3n) is 13.3. The number of allylic oxidation sites excluding steroid dienone is 1. The topological polar surface area (TPSA) is 148 Å². The van der Waals surface area contributed by atoms with Gasteiger partial charge in [-0.05, 0) is 112 Å². The highest BCUT2D eigenvalue weighted by Gasteiger charge is 2.68. The van der Waals surface area contributed by atoms with Crippen molar-refractivity contribution in [2.75, 3.05) is 56.6 Å². The molecule has 4 aliphatic carbocycles. The number of ketones is 1. The van der Waals surface area contributed by atoms with Crippen LogP contribution < -0.4 is 9.64 Å². The second-order valence-electron chi connectivity index (χ2n) is 17.2. The third kappa shape index (κ3) is 7.90. The lowest BCUT2D eigenvalue weighted by atomic mass is 9.40. The van der Waals surface area contributed by atoms with Crippen molar-refractivity contribution in [2.24, 2.45) is 11.3 Å². The van der Waals surface area contributed by atoms with Crippen LogP contribution in [0.3, 0.4) is 0 Å². The number of alkyl halides is 1. The van der Waals surface area contributed by atoms with E-state index < -0.39 is 26.3 Å². The Hall–Kier alpha value is -4.30. The van der Waals surface area contributed by atoms with Gasteiger partial charge in [0, 0.05) is 85.8 Å². The van der Waals surface area contributed by atoms with Crippen LogP contribution >= 0.6 is 11.6 Å². The molecule has 2 aliphatic heterocycles. The smallest absolute Gasteiger partial charge is 0.273 e. The minimum atomic E-state index is -4.26. The van der Waals surface area contributed by atoms with E-state index >= 15 is 0 Å². The van der Waals surface area contributed by atoms with E-state index in [1.165, 1.54) is 37.8 Å². The Morgan fingerprint density at radius 2 is 1.79 bits per heavy atom. The van der Waals surface area contributed by atoms with Gasteiger partial charge in [-0.15, -0.1) is 11.6 Å². The van der Waals surface area contributed by atoms with Gasteiger partial charge in [0.1, 0.15) is 22.9 Å². The molecule has 0 spiro atoms. The number of halogens is 1. The van der Waals surface area contributed by atoms with Crippen molar-refractivity contribution in [3.05, 3.63) is 93.3 Å². The summed E-state index contributed by atoms with van der Waals surface area (Å²) in [4.78, 5) is 37.7. The first-order valence-corrected chi connectivity index (χ1v) is 22.7. The predicted octanol–water partition coefficient (Wildman–Crippen LogP) is 8.43. The number of nitro groups is 1. The number of anilines is 1. The summed E-state index contributed by atoms with van der Waals surface area (Å²) in [6, 6.07) is 13.0. The highest BCUT2D eigenvalue weighted by Crippen LogP contribution is 2.75. The Bertz CT molecular complexity index is 2360. The summed E-state index contributed by atoms with van der Waals surface area (Å²) >= 11 is 6.68. The predicted molar refractivity (Wildman–Crippen MR) is 223 cm³/mol. The fourth-order valence-corrected chi connectivity index (χ4v) is 12.2. The van der Waals surface area contributed by atoms with Crippen molar-refractivity contribution in [2.45, 2.75) is 80.4 Å². The quantitative estimate of drug-likeness (QED) is 0.0432. The van der Waals surface area contributed by atoms with E-state index in [0.29, 0.717) is 47.9 Å². The van der Waals surface area contributed by atoms with Crippen LogP contribution in [-0.4, -0.2) is 90.6 Å². The standard InChI is InChI=1S/C44H50ClN5O7S/c45-44-27-43(28-44,29-44)38-4-2-1-3-33(38)25-48-15-17-49(18-16-48)34-8-10-37(41(22-34)57-35-21-32-11-14-46-42(32)47-24-35)40(51)26-58(54,55)36-9-7-31(39(23-36)50(52)53)6-5-30-12-19-56-20-13-30/h7-11,14,21-24,30H,1-6,12-13,15-20,25-29H2,(H,46,47). The molecule has 306 valence electrons. The van der Waals surface area contributed by atoms with Crippen molar-refractivity contribution >= 4 is 49.6 Å². The number of pyridine rings is 1. The summed E-state index contributed by atoms with van der Waals surface area (Å²) in [5.74, 6) is -0.520. The molecular weight excluding hydrogens is 778 g/mol. The molecule has 4 aromatic rings. The number of aromatic nitrogens is 2. The zero-order valence-electron chi connectivity index (χ0n) is 32.7. The molecule has 0 atom stereocenters. The molecule has 4 heterocycles. The van der Waals surface area contributed by atoms with Crippen LogP contribution in [0.15, 0.2) is 77.0 Å². The van der Waals surface area contributed by atoms with Crippen molar-refractivity contribution in [3.63, 3.8) is 0 Å². The normalized spacial score (nSPS) is 24.1. The number of carbonyl (C=O) groups excluding carboxylic acids is 1. The van der Waals surface area contributed by atoms with Gasteiger partial charge < -0.3 is 19.4 Å². The number of hydrogen-bond donors (Lipinski definition) is 1. The number of sulfone groups is 1. The maximum Gasteiger partial charge on any atom is 0.273 e. The maximum atomic E-state index is 14.0. The summed E-state index contributed by atoms with van der Waals surface area (Å²) in [5.41, 5.74) is 5.61. The number of nitro benzene ring substituents is 1. The molecule has 12 nitrogen and oxygen atoms in total. The van der Waals surface area contributed by atoms with E-state index in [2.05, 4.69) is 19.8 Å². The number of aryl methyl sites for hydroxylation is 1. The van der Waals surface area contributed by atoms with Crippen LogP contribution in [0, 0.1) is 21.4 Å². The van der Waals surface area contributed by atoms with Gasteiger partial charge in [-0.3, -0.25) is 19.8 Å². The van der Waals surface area contributed by atoms with Gasteiger partial charge in [0.05, 0.1) is 21.6 Å². The molecule has 2 saturated heterocycles. The van der Waals surface area contributed by atoms with Gasteiger partial charge in [-0.25, -0.2) is 13.4 Å². The Morgan fingerprint density at radius 1 is 1.02 bits per heavy atom. The second kappa shape index (κ2) is 15.7. The minimum Gasteiger partial charge on any atom is -0.455 e. The fraction of sp³-hybridized carbons (Fsp3) is 0.500. The molecule has 2 aromatic carbocycles. The average molecular weight is 828 g/mol. The van der Waals surface area contributed by atoms with Crippen LogP contribution in [0.5, 0.6) is 11.5 Å².